The molecule has 29 heavy (non-hydrogen) atoms. The van der Waals surface area contributed by atoms with Crippen LogP contribution in [0.3, 0.4) is 0 Å². The van der Waals surface area contributed by atoms with Crippen molar-refractivity contribution in [1.82, 2.24) is 9.78 Å². The van der Waals surface area contributed by atoms with Gasteiger partial charge in [0, 0.05) is 7.11 Å². The third kappa shape index (κ3) is 5.00. The Hall–Kier alpha value is -3.18. The van der Waals surface area contributed by atoms with Crippen LogP contribution in [-0.4, -0.2) is 30.0 Å². The molecule has 0 amide bonds. The molecule has 0 N–H and O–H groups in total. The van der Waals surface area contributed by atoms with E-state index in [4.69, 9.17) is 14.6 Å². The third-order valence-electron chi connectivity index (χ3n) is 4.74. The van der Waals surface area contributed by atoms with Crippen molar-refractivity contribution in [3.63, 3.8) is 0 Å². The molecule has 0 aliphatic carbocycles. The molecule has 0 aliphatic rings. The fourth-order valence-corrected chi connectivity index (χ4v) is 3.27. The first-order chi connectivity index (χ1) is 14.2. The van der Waals surface area contributed by atoms with Crippen LogP contribution in [-0.2, 0) is 29.0 Å². The van der Waals surface area contributed by atoms with Gasteiger partial charge in [0.05, 0.1) is 37.2 Å². The molecule has 0 aliphatic heterocycles. The lowest BCUT2D eigenvalue weighted by molar-refractivity contribution is 0.0601. The van der Waals surface area contributed by atoms with Gasteiger partial charge in [0.25, 0.3) is 0 Å². The lowest BCUT2D eigenvalue weighted by Crippen LogP contribution is -2.07. The van der Waals surface area contributed by atoms with E-state index in [1.807, 2.05) is 41.1 Å². The van der Waals surface area contributed by atoms with Crippen molar-refractivity contribution in [1.29, 1.82) is 0 Å². The molecule has 5 heteroatoms. The van der Waals surface area contributed by atoms with Gasteiger partial charge in [-0.1, -0.05) is 48.5 Å². The third-order valence-corrected chi connectivity index (χ3v) is 4.74. The number of ether oxygens (including phenoxy) is 2. The van der Waals surface area contributed by atoms with Crippen molar-refractivity contribution in [2.75, 3.05) is 14.2 Å². The van der Waals surface area contributed by atoms with Gasteiger partial charge in [0.1, 0.15) is 0 Å². The van der Waals surface area contributed by atoms with Crippen LogP contribution in [0.1, 0.15) is 33.7 Å². The number of hydrogen-bond donors (Lipinski definition) is 0. The normalized spacial score (nSPS) is 10.7. The van der Waals surface area contributed by atoms with E-state index >= 15 is 0 Å². The highest BCUT2D eigenvalue weighted by Gasteiger charge is 2.13. The maximum Gasteiger partial charge on any atom is 0.338 e. The van der Waals surface area contributed by atoms with Crippen LogP contribution in [0.4, 0.5) is 0 Å². The minimum atomic E-state index is -0.336. The predicted octanol–water partition coefficient (Wildman–Crippen LogP) is 4.65. The van der Waals surface area contributed by atoms with Crippen LogP contribution < -0.4 is 0 Å². The van der Waals surface area contributed by atoms with Crippen molar-refractivity contribution in [3.05, 3.63) is 89.8 Å². The minimum Gasteiger partial charge on any atom is -0.465 e. The zero-order valence-electron chi connectivity index (χ0n) is 16.9. The van der Waals surface area contributed by atoms with E-state index in [2.05, 4.69) is 24.8 Å². The Balaban J connectivity index is 1.82. The van der Waals surface area contributed by atoms with Crippen LogP contribution in [0.5, 0.6) is 0 Å². The smallest absolute Gasteiger partial charge is 0.338 e. The Kier molecular flexibility index (Phi) is 6.98. The zero-order chi connectivity index (χ0) is 20.6. The van der Waals surface area contributed by atoms with Gasteiger partial charge in [-0.15, -0.1) is 6.58 Å². The summed E-state index contributed by atoms with van der Waals surface area (Å²) in [7, 11) is 3.08. The second kappa shape index (κ2) is 9.85. The molecule has 5 nitrogen and oxygen atoms in total. The largest absolute Gasteiger partial charge is 0.465 e. The van der Waals surface area contributed by atoms with Crippen molar-refractivity contribution >= 4 is 5.97 Å². The zero-order valence-corrected chi connectivity index (χ0v) is 16.9. The highest BCUT2D eigenvalue weighted by atomic mass is 16.5. The number of methoxy groups -OCH3 is 2. The topological polar surface area (TPSA) is 53.4 Å². The number of aryl methyl sites for hydroxylation is 1. The first-order valence-corrected chi connectivity index (χ1v) is 9.58. The molecule has 0 fully saturated rings. The molecule has 0 radical (unpaired) electrons. The summed E-state index contributed by atoms with van der Waals surface area (Å²) >= 11 is 0. The standard InChI is InChI=1S/C24H26N2O3/c1-4-5-8-20-15-21(17-28-2)26(25-20)16-18-11-13-19(14-12-18)22-9-6-7-10-23(22)24(27)29-3/h4,6-7,9-15H,1,5,8,16-17H2,2-3H3. The number of hydrogen-bond acceptors (Lipinski definition) is 4. The summed E-state index contributed by atoms with van der Waals surface area (Å²) in [6.07, 6.45) is 3.67. The first kappa shape index (κ1) is 20.6. The van der Waals surface area contributed by atoms with E-state index in [1.54, 1.807) is 13.2 Å². The molecule has 1 heterocycles. The van der Waals surface area contributed by atoms with E-state index in [0.717, 1.165) is 40.9 Å². The molecule has 2 aromatic carbocycles. The van der Waals surface area contributed by atoms with Gasteiger partial charge in [0.15, 0.2) is 0 Å². The summed E-state index contributed by atoms with van der Waals surface area (Å²) in [6.45, 7) is 4.95. The fourth-order valence-electron chi connectivity index (χ4n) is 3.27. The maximum atomic E-state index is 12.0. The van der Waals surface area contributed by atoms with Crippen LogP contribution in [0.15, 0.2) is 67.3 Å². The highest BCUT2D eigenvalue weighted by Crippen LogP contribution is 2.25. The first-order valence-electron chi connectivity index (χ1n) is 9.58. The van der Waals surface area contributed by atoms with Gasteiger partial charge in [0.2, 0.25) is 0 Å². The van der Waals surface area contributed by atoms with Crippen LogP contribution >= 0.6 is 0 Å². The summed E-state index contributed by atoms with van der Waals surface area (Å²) < 4.78 is 12.2. The summed E-state index contributed by atoms with van der Waals surface area (Å²) in [5.74, 6) is -0.336. The van der Waals surface area contributed by atoms with Gasteiger partial charge in [-0.05, 0) is 41.7 Å². The van der Waals surface area contributed by atoms with Crippen molar-refractivity contribution in [3.8, 4) is 11.1 Å². The Labute approximate surface area is 171 Å². The van der Waals surface area contributed by atoms with Gasteiger partial charge in [-0.3, -0.25) is 4.68 Å². The number of carbonyl (C=O) groups is 1. The number of aromatic nitrogens is 2. The Morgan fingerprint density at radius 1 is 1.14 bits per heavy atom. The fraction of sp³-hybridized carbons (Fsp3) is 0.250. The SMILES string of the molecule is C=CCCc1cc(COC)n(Cc2ccc(-c3ccccc3C(=O)OC)cc2)n1. The summed E-state index contributed by atoms with van der Waals surface area (Å²) in [5.41, 5.74) is 5.60. The van der Waals surface area contributed by atoms with Crippen molar-refractivity contribution < 1.29 is 14.3 Å². The number of nitrogens with zero attached hydrogens (tertiary/aromatic N) is 2. The predicted molar refractivity (Wildman–Crippen MR) is 114 cm³/mol. The van der Waals surface area contributed by atoms with Gasteiger partial charge in [-0.25, -0.2) is 4.79 Å². The highest BCUT2D eigenvalue weighted by molar-refractivity contribution is 5.97. The Bertz CT molecular complexity index is 974. The van der Waals surface area contributed by atoms with Gasteiger partial charge >= 0.3 is 5.97 Å². The van der Waals surface area contributed by atoms with Crippen LogP contribution in [0, 0.1) is 0 Å². The molecule has 0 saturated heterocycles. The monoisotopic (exact) mass is 390 g/mol. The molecule has 0 saturated carbocycles. The lowest BCUT2D eigenvalue weighted by atomic mass is 9.99. The Morgan fingerprint density at radius 2 is 1.90 bits per heavy atom. The second-order valence-corrected chi connectivity index (χ2v) is 6.78. The molecule has 150 valence electrons. The van der Waals surface area contributed by atoms with Crippen LogP contribution in [0.2, 0.25) is 0 Å². The molecule has 0 spiro atoms. The Morgan fingerprint density at radius 3 is 2.59 bits per heavy atom. The molecule has 1 aromatic heterocycles. The van der Waals surface area contributed by atoms with Crippen molar-refractivity contribution in [2.24, 2.45) is 0 Å². The molecule has 0 atom stereocenters. The van der Waals surface area contributed by atoms with E-state index in [-0.39, 0.29) is 5.97 Å². The van der Waals surface area contributed by atoms with E-state index in [1.165, 1.54) is 7.11 Å². The van der Waals surface area contributed by atoms with Gasteiger partial charge < -0.3 is 9.47 Å². The number of benzene rings is 2. The summed E-state index contributed by atoms with van der Waals surface area (Å²) in [6, 6.07) is 17.7. The van der Waals surface area contributed by atoms with Crippen molar-refractivity contribution in [2.45, 2.75) is 26.0 Å². The molecular weight excluding hydrogens is 364 g/mol. The van der Waals surface area contributed by atoms with E-state index in [0.29, 0.717) is 18.7 Å². The number of allylic oxidation sites excluding steroid dienone is 1. The maximum absolute atomic E-state index is 12.0. The van der Waals surface area contributed by atoms with Crippen LogP contribution in [0.25, 0.3) is 11.1 Å². The molecule has 0 bridgehead atoms. The average Bonchev–Trinajstić information content (AvgIpc) is 3.13. The number of rotatable bonds is 9. The molecular formula is C24H26N2O3. The number of esters is 1. The molecule has 3 rings (SSSR count). The molecule has 3 aromatic rings. The van der Waals surface area contributed by atoms with E-state index < -0.39 is 0 Å². The van der Waals surface area contributed by atoms with E-state index in [9.17, 15) is 4.79 Å². The quantitative estimate of drug-likeness (QED) is 0.394. The minimum absolute atomic E-state index is 0.336. The average molecular weight is 390 g/mol. The van der Waals surface area contributed by atoms with Gasteiger partial charge in [-0.2, -0.15) is 5.10 Å². The lowest BCUT2D eigenvalue weighted by Gasteiger charge is -2.10. The second-order valence-electron chi connectivity index (χ2n) is 6.78. The molecule has 0 unspecified atom stereocenters. The summed E-state index contributed by atoms with van der Waals surface area (Å²) in [4.78, 5) is 12.0. The summed E-state index contributed by atoms with van der Waals surface area (Å²) in [5, 5.41) is 4.72. The number of carbonyl (C=O) groups excluding carboxylic acids is 1.